The molecule has 116 valence electrons. The van der Waals surface area contributed by atoms with Gasteiger partial charge in [0.25, 0.3) is 0 Å². The highest BCUT2D eigenvalue weighted by atomic mass is 32.1. The highest BCUT2D eigenvalue weighted by molar-refractivity contribution is 7.12. The maximum absolute atomic E-state index is 12.4. The number of aryl methyl sites for hydroxylation is 1. The lowest BCUT2D eigenvalue weighted by atomic mass is 10.2. The normalized spacial score (nSPS) is 19.5. The van der Waals surface area contributed by atoms with Crippen LogP contribution in [0.5, 0.6) is 0 Å². The first-order valence-corrected chi connectivity index (χ1v) is 8.34. The Hall–Kier alpha value is -2.47. The van der Waals surface area contributed by atoms with E-state index in [-0.39, 0.29) is 11.8 Å². The summed E-state index contributed by atoms with van der Waals surface area (Å²) in [6, 6.07) is 12.0. The number of anilines is 1. The van der Waals surface area contributed by atoms with Crippen LogP contribution in [-0.2, 0) is 4.79 Å². The number of benzene rings is 1. The van der Waals surface area contributed by atoms with Crippen molar-refractivity contribution >= 4 is 22.9 Å². The molecule has 0 spiro atoms. The standard InChI is InChI=1S/C17H16N4OS/c1-11-5-6-16(23-11)14-8-15(14)17(22)20-12-3-2-4-13(7-12)21-9-18-19-10-21/h2-7,9-10,14-15H,8H2,1H3,(H,20,22)/t14-,15+/m1/s1. The molecule has 1 fully saturated rings. The number of thiophene rings is 1. The molecule has 6 heteroatoms. The maximum Gasteiger partial charge on any atom is 0.228 e. The van der Waals surface area contributed by atoms with Crippen molar-refractivity contribution in [1.82, 2.24) is 14.8 Å². The van der Waals surface area contributed by atoms with E-state index in [1.807, 2.05) is 28.8 Å². The summed E-state index contributed by atoms with van der Waals surface area (Å²) < 4.78 is 1.81. The van der Waals surface area contributed by atoms with Crippen molar-refractivity contribution in [1.29, 1.82) is 0 Å². The average Bonchev–Trinajstić information content (AvgIpc) is 2.95. The van der Waals surface area contributed by atoms with Gasteiger partial charge in [0.2, 0.25) is 5.91 Å². The van der Waals surface area contributed by atoms with Crippen LogP contribution in [0, 0.1) is 12.8 Å². The fourth-order valence-electron chi connectivity index (χ4n) is 2.77. The summed E-state index contributed by atoms with van der Waals surface area (Å²) in [7, 11) is 0. The zero-order valence-corrected chi connectivity index (χ0v) is 13.5. The molecule has 0 unspecified atom stereocenters. The second-order valence-electron chi connectivity index (χ2n) is 5.81. The molecule has 1 aliphatic rings. The van der Waals surface area contributed by atoms with Crippen LogP contribution in [0.1, 0.15) is 22.1 Å². The number of carbonyl (C=O) groups is 1. The van der Waals surface area contributed by atoms with Crippen molar-refractivity contribution < 1.29 is 4.79 Å². The number of nitrogens with one attached hydrogen (secondary N) is 1. The zero-order valence-electron chi connectivity index (χ0n) is 12.6. The summed E-state index contributed by atoms with van der Waals surface area (Å²) >= 11 is 1.79. The molecule has 5 nitrogen and oxygen atoms in total. The first kappa shape index (κ1) is 14.1. The van der Waals surface area contributed by atoms with Crippen molar-refractivity contribution in [2.45, 2.75) is 19.3 Å². The number of aromatic nitrogens is 3. The Morgan fingerprint density at radius 3 is 2.83 bits per heavy atom. The maximum atomic E-state index is 12.4. The van der Waals surface area contributed by atoms with Crippen LogP contribution < -0.4 is 5.32 Å². The van der Waals surface area contributed by atoms with Gasteiger partial charge in [0.05, 0.1) is 5.69 Å². The van der Waals surface area contributed by atoms with Crippen LogP contribution in [0.4, 0.5) is 5.69 Å². The van der Waals surface area contributed by atoms with Gasteiger partial charge >= 0.3 is 0 Å². The molecule has 0 bridgehead atoms. The molecule has 1 aromatic carbocycles. The van der Waals surface area contributed by atoms with E-state index in [1.165, 1.54) is 9.75 Å². The fourth-order valence-corrected chi connectivity index (χ4v) is 3.82. The molecule has 1 amide bonds. The van der Waals surface area contributed by atoms with E-state index in [4.69, 9.17) is 0 Å². The van der Waals surface area contributed by atoms with E-state index >= 15 is 0 Å². The molecular formula is C17H16N4OS. The first-order chi connectivity index (χ1) is 11.2. The van der Waals surface area contributed by atoms with Crippen molar-refractivity contribution in [3.05, 3.63) is 58.8 Å². The van der Waals surface area contributed by atoms with E-state index in [2.05, 4.69) is 34.6 Å². The van der Waals surface area contributed by atoms with E-state index in [0.29, 0.717) is 5.92 Å². The lowest BCUT2D eigenvalue weighted by Crippen LogP contribution is -2.14. The third-order valence-electron chi connectivity index (χ3n) is 4.08. The fraction of sp³-hybridized carbons (Fsp3) is 0.235. The number of amides is 1. The predicted molar refractivity (Wildman–Crippen MR) is 89.9 cm³/mol. The quantitative estimate of drug-likeness (QED) is 0.800. The SMILES string of the molecule is Cc1ccc([C@@H]2C[C@@H]2C(=O)Nc2cccc(-n3cnnc3)c2)s1. The van der Waals surface area contributed by atoms with Crippen molar-refractivity contribution in [2.75, 3.05) is 5.32 Å². The highest BCUT2D eigenvalue weighted by Crippen LogP contribution is 2.50. The number of rotatable bonds is 4. The van der Waals surface area contributed by atoms with Crippen LogP contribution in [0.25, 0.3) is 5.69 Å². The Bertz CT molecular complexity index is 840. The third-order valence-corrected chi connectivity index (χ3v) is 5.22. The minimum atomic E-state index is 0.0895. The zero-order chi connectivity index (χ0) is 15.8. The second-order valence-corrected chi connectivity index (χ2v) is 7.13. The topological polar surface area (TPSA) is 59.8 Å². The van der Waals surface area contributed by atoms with Gasteiger partial charge in [0.15, 0.2) is 0 Å². The van der Waals surface area contributed by atoms with Crippen LogP contribution in [0.3, 0.4) is 0 Å². The minimum Gasteiger partial charge on any atom is -0.326 e. The Morgan fingerprint density at radius 1 is 1.26 bits per heavy atom. The monoisotopic (exact) mass is 324 g/mol. The van der Waals surface area contributed by atoms with Gasteiger partial charge in [-0.15, -0.1) is 21.5 Å². The van der Waals surface area contributed by atoms with Crippen molar-refractivity contribution in [3.63, 3.8) is 0 Å². The van der Waals surface area contributed by atoms with E-state index in [1.54, 1.807) is 24.0 Å². The third kappa shape index (κ3) is 2.90. The lowest BCUT2D eigenvalue weighted by Gasteiger charge is -2.07. The van der Waals surface area contributed by atoms with Gasteiger partial charge < -0.3 is 5.32 Å². The van der Waals surface area contributed by atoms with Crippen LogP contribution in [0.15, 0.2) is 49.1 Å². The molecule has 2 aromatic heterocycles. The van der Waals surface area contributed by atoms with Gasteiger partial charge in [-0.05, 0) is 43.7 Å². The molecule has 23 heavy (non-hydrogen) atoms. The Labute approximate surface area is 138 Å². The van der Waals surface area contributed by atoms with Crippen LogP contribution in [-0.4, -0.2) is 20.7 Å². The minimum absolute atomic E-state index is 0.0895. The van der Waals surface area contributed by atoms with Gasteiger partial charge in [-0.25, -0.2) is 0 Å². The number of nitrogens with zero attached hydrogens (tertiary/aromatic N) is 3. The Morgan fingerprint density at radius 2 is 2.09 bits per heavy atom. The van der Waals surface area contributed by atoms with Gasteiger partial charge in [-0.2, -0.15) is 0 Å². The Balaban J connectivity index is 1.45. The predicted octanol–water partition coefficient (Wildman–Crippen LogP) is 3.38. The number of carbonyl (C=O) groups excluding carboxylic acids is 1. The van der Waals surface area contributed by atoms with Gasteiger partial charge in [-0.3, -0.25) is 9.36 Å². The van der Waals surface area contributed by atoms with Gasteiger partial charge in [0.1, 0.15) is 12.7 Å². The van der Waals surface area contributed by atoms with Crippen LogP contribution in [0.2, 0.25) is 0 Å². The van der Waals surface area contributed by atoms with Crippen LogP contribution >= 0.6 is 11.3 Å². The average molecular weight is 324 g/mol. The second kappa shape index (κ2) is 5.62. The molecule has 0 saturated heterocycles. The van der Waals surface area contributed by atoms with E-state index in [9.17, 15) is 4.79 Å². The van der Waals surface area contributed by atoms with E-state index < -0.39 is 0 Å². The summed E-state index contributed by atoms with van der Waals surface area (Å²) in [6.45, 7) is 2.10. The molecule has 2 heterocycles. The summed E-state index contributed by atoms with van der Waals surface area (Å²) in [6.07, 6.45) is 4.21. The summed E-state index contributed by atoms with van der Waals surface area (Å²) in [5, 5.41) is 10.6. The largest absolute Gasteiger partial charge is 0.326 e. The molecular weight excluding hydrogens is 308 g/mol. The molecule has 1 saturated carbocycles. The first-order valence-electron chi connectivity index (χ1n) is 7.53. The Kier molecular flexibility index (Phi) is 3.46. The molecule has 0 radical (unpaired) electrons. The summed E-state index contributed by atoms with van der Waals surface area (Å²) in [5.41, 5.74) is 1.73. The summed E-state index contributed by atoms with van der Waals surface area (Å²) in [5.74, 6) is 0.573. The smallest absolute Gasteiger partial charge is 0.228 e. The molecule has 0 aliphatic heterocycles. The van der Waals surface area contributed by atoms with Crippen molar-refractivity contribution in [2.24, 2.45) is 5.92 Å². The molecule has 1 N–H and O–H groups in total. The number of hydrogen-bond acceptors (Lipinski definition) is 4. The van der Waals surface area contributed by atoms with Gasteiger partial charge in [-0.1, -0.05) is 6.07 Å². The summed E-state index contributed by atoms with van der Waals surface area (Å²) in [4.78, 5) is 15.0. The highest BCUT2D eigenvalue weighted by Gasteiger charge is 2.44. The molecule has 3 aromatic rings. The molecule has 4 rings (SSSR count). The van der Waals surface area contributed by atoms with E-state index in [0.717, 1.165) is 17.8 Å². The van der Waals surface area contributed by atoms with Crippen molar-refractivity contribution in [3.8, 4) is 5.69 Å². The lowest BCUT2D eigenvalue weighted by molar-refractivity contribution is -0.117. The van der Waals surface area contributed by atoms with Gasteiger partial charge in [0, 0.05) is 27.3 Å². The molecule has 1 aliphatic carbocycles. The molecule has 2 atom stereocenters. The number of hydrogen-bond donors (Lipinski definition) is 1.